The minimum Gasteiger partial charge on any atom is -0.497 e. The topological polar surface area (TPSA) is 38.5 Å². The average Bonchev–Trinajstić information content (AvgIpc) is 2.35. The summed E-state index contributed by atoms with van der Waals surface area (Å²) in [6, 6.07) is 8.58. The van der Waals surface area contributed by atoms with Gasteiger partial charge in [-0.15, -0.1) is 0 Å². The van der Waals surface area contributed by atoms with Crippen LogP contribution < -0.4 is 10.5 Å². The highest BCUT2D eigenvalue weighted by molar-refractivity contribution is 7.80. The molecular formula is C14H22N2OS. The zero-order chi connectivity index (χ0) is 13.5. The Morgan fingerprint density at radius 2 is 2.00 bits per heavy atom. The van der Waals surface area contributed by atoms with Gasteiger partial charge in [-0.1, -0.05) is 24.4 Å². The van der Waals surface area contributed by atoms with Gasteiger partial charge in [0.05, 0.1) is 12.1 Å². The standard InChI is InChI=1S/C14H22N2OS/c1-11(10-14(15)18)16(2)9-8-12-4-6-13(17-3)7-5-12/h4-7,11H,8-10H2,1-3H3,(H2,15,18). The molecule has 0 aliphatic carbocycles. The highest BCUT2D eigenvalue weighted by Crippen LogP contribution is 2.12. The first-order valence-corrected chi connectivity index (χ1v) is 6.55. The molecule has 1 rings (SSSR count). The minimum atomic E-state index is 0.390. The van der Waals surface area contributed by atoms with Crippen molar-refractivity contribution in [3.8, 4) is 5.75 Å². The van der Waals surface area contributed by atoms with E-state index in [0.29, 0.717) is 11.0 Å². The quantitative estimate of drug-likeness (QED) is 0.768. The molecule has 1 atom stereocenters. The molecule has 3 nitrogen and oxygen atoms in total. The molecule has 1 unspecified atom stereocenters. The van der Waals surface area contributed by atoms with Gasteiger partial charge in [0.25, 0.3) is 0 Å². The molecular weight excluding hydrogens is 244 g/mol. The van der Waals surface area contributed by atoms with Crippen LogP contribution in [-0.4, -0.2) is 36.6 Å². The van der Waals surface area contributed by atoms with E-state index >= 15 is 0 Å². The first-order chi connectivity index (χ1) is 8.52. The van der Waals surface area contributed by atoms with Gasteiger partial charge in [0.2, 0.25) is 0 Å². The minimum absolute atomic E-state index is 0.390. The molecule has 0 radical (unpaired) electrons. The summed E-state index contributed by atoms with van der Waals surface area (Å²) in [4.78, 5) is 2.86. The highest BCUT2D eigenvalue weighted by Gasteiger charge is 2.09. The van der Waals surface area contributed by atoms with Crippen LogP contribution in [0.4, 0.5) is 0 Å². The monoisotopic (exact) mass is 266 g/mol. The van der Waals surface area contributed by atoms with E-state index in [2.05, 4.69) is 31.0 Å². The Labute approximate surface area is 115 Å². The summed E-state index contributed by atoms with van der Waals surface area (Å²) in [5, 5.41) is 0. The van der Waals surface area contributed by atoms with E-state index in [9.17, 15) is 0 Å². The van der Waals surface area contributed by atoms with Crippen LogP contribution in [0.3, 0.4) is 0 Å². The molecule has 0 aliphatic heterocycles. The van der Waals surface area contributed by atoms with Crippen LogP contribution in [0.25, 0.3) is 0 Å². The van der Waals surface area contributed by atoms with Gasteiger partial charge in [-0.2, -0.15) is 0 Å². The van der Waals surface area contributed by atoms with Gasteiger partial charge in [-0.3, -0.25) is 0 Å². The SMILES string of the molecule is COc1ccc(CCN(C)C(C)CC(N)=S)cc1. The van der Waals surface area contributed by atoms with E-state index in [1.807, 2.05) is 12.1 Å². The van der Waals surface area contributed by atoms with Crippen molar-refractivity contribution in [2.45, 2.75) is 25.8 Å². The second-order valence-electron chi connectivity index (χ2n) is 4.60. The lowest BCUT2D eigenvalue weighted by Crippen LogP contribution is -2.34. The zero-order valence-electron chi connectivity index (χ0n) is 11.3. The Hall–Kier alpha value is -1.13. The van der Waals surface area contributed by atoms with Crippen LogP contribution in [0.2, 0.25) is 0 Å². The molecule has 0 aliphatic rings. The molecule has 18 heavy (non-hydrogen) atoms. The van der Waals surface area contributed by atoms with E-state index in [1.54, 1.807) is 7.11 Å². The van der Waals surface area contributed by atoms with Gasteiger partial charge in [-0.25, -0.2) is 0 Å². The van der Waals surface area contributed by atoms with Crippen molar-refractivity contribution in [3.05, 3.63) is 29.8 Å². The number of benzene rings is 1. The van der Waals surface area contributed by atoms with Crippen molar-refractivity contribution in [2.24, 2.45) is 5.73 Å². The summed E-state index contributed by atoms with van der Waals surface area (Å²) in [6.07, 6.45) is 1.79. The normalized spacial score (nSPS) is 12.4. The molecule has 0 fully saturated rings. The fraction of sp³-hybridized carbons (Fsp3) is 0.500. The molecule has 0 saturated carbocycles. The molecule has 0 amide bonds. The summed E-state index contributed by atoms with van der Waals surface area (Å²) >= 11 is 4.93. The van der Waals surface area contributed by atoms with Gasteiger partial charge < -0.3 is 15.4 Å². The maximum atomic E-state index is 5.56. The van der Waals surface area contributed by atoms with Crippen LogP contribution in [0.15, 0.2) is 24.3 Å². The molecule has 2 N–H and O–H groups in total. The highest BCUT2D eigenvalue weighted by atomic mass is 32.1. The van der Waals surface area contributed by atoms with Crippen LogP contribution >= 0.6 is 12.2 Å². The third kappa shape index (κ3) is 5.02. The number of ether oxygens (including phenoxy) is 1. The predicted molar refractivity (Wildman–Crippen MR) is 80.2 cm³/mol. The summed E-state index contributed by atoms with van der Waals surface area (Å²) in [6.45, 7) is 3.14. The molecule has 0 saturated heterocycles. The fourth-order valence-corrected chi connectivity index (χ4v) is 2.01. The molecule has 0 aromatic heterocycles. The molecule has 0 bridgehead atoms. The molecule has 1 aromatic rings. The lowest BCUT2D eigenvalue weighted by Gasteiger charge is -2.24. The van der Waals surface area contributed by atoms with E-state index in [1.165, 1.54) is 5.56 Å². The molecule has 4 heteroatoms. The number of rotatable bonds is 7. The smallest absolute Gasteiger partial charge is 0.118 e. The van der Waals surface area contributed by atoms with Crippen LogP contribution in [-0.2, 0) is 6.42 Å². The number of nitrogens with two attached hydrogens (primary N) is 1. The first-order valence-electron chi connectivity index (χ1n) is 6.14. The van der Waals surface area contributed by atoms with Gasteiger partial charge in [0.1, 0.15) is 5.75 Å². The second kappa shape index (κ2) is 7.34. The van der Waals surface area contributed by atoms with Gasteiger partial charge >= 0.3 is 0 Å². The summed E-state index contributed by atoms with van der Waals surface area (Å²) in [7, 11) is 3.78. The van der Waals surface area contributed by atoms with Crippen molar-refractivity contribution < 1.29 is 4.74 Å². The van der Waals surface area contributed by atoms with E-state index in [-0.39, 0.29) is 0 Å². The predicted octanol–water partition coefficient (Wildman–Crippen LogP) is 2.23. The number of likely N-dealkylation sites (N-methyl/N-ethyl adjacent to an activating group) is 1. The summed E-state index contributed by atoms with van der Waals surface area (Å²) in [5.41, 5.74) is 6.87. The maximum Gasteiger partial charge on any atom is 0.118 e. The van der Waals surface area contributed by atoms with E-state index in [0.717, 1.165) is 25.1 Å². The number of thiocarbonyl (C=S) groups is 1. The Kier molecular flexibility index (Phi) is 6.09. The van der Waals surface area contributed by atoms with Crippen molar-refractivity contribution in [1.82, 2.24) is 4.90 Å². The van der Waals surface area contributed by atoms with Gasteiger partial charge in [-0.05, 0) is 38.1 Å². The fourth-order valence-electron chi connectivity index (χ4n) is 1.77. The molecule has 0 spiro atoms. The summed E-state index contributed by atoms with van der Waals surface area (Å²) < 4.78 is 5.14. The van der Waals surface area contributed by atoms with Crippen molar-refractivity contribution in [2.75, 3.05) is 20.7 Å². The number of hydrogen-bond donors (Lipinski definition) is 1. The summed E-state index contributed by atoms with van der Waals surface area (Å²) in [5.74, 6) is 0.897. The Morgan fingerprint density at radius 1 is 1.39 bits per heavy atom. The molecule has 100 valence electrons. The molecule has 1 aromatic carbocycles. The third-order valence-electron chi connectivity index (χ3n) is 3.16. The largest absolute Gasteiger partial charge is 0.497 e. The first kappa shape index (κ1) is 14.9. The van der Waals surface area contributed by atoms with Gasteiger partial charge in [0.15, 0.2) is 0 Å². The maximum absolute atomic E-state index is 5.56. The lowest BCUT2D eigenvalue weighted by atomic mass is 10.1. The number of methoxy groups -OCH3 is 1. The van der Waals surface area contributed by atoms with Crippen molar-refractivity contribution in [3.63, 3.8) is 0 Å². The van der Waals surface area contributed by atoms with Crippen LogP contribution in [0.1, 0.15) is 18.9 Å². The van der Waals surface area contributed by atoms with Gasteiger partial charge in [0, 0.05) is 19.0 Å². The van der Waals surface area contributed by atoms with E-state index < -0.39 is 0 Å². The van der Waals surface area contributed by atoms with Crippen LogP contribution in [0, 0.1) is 0 Å². The van der Waals surface area contributed by atoms with Crippen LogP contribution in [0.5, 0.6) is 5.75 Å². The average molecular weight is 266 g/mol. The Bertz CT molecular complexity index is 378. The second-order valence-corrected chi connectivity index (χ2v) is 5.12. The number of hydrogen-bond acceptors (Lipinski definition) is 3. The Balaban J connectivity index is 2.41. The van der Waals surface area contributed by atoms with Crippen molar-refractivity contribution in [1.29, 1.82) is 0 Å². The van der Waals surface area contributed by atoms with Crippen molar-refractivity contribution >= 4 is 17.2 Å². The lowest BCUT2D eigenvalue weighted by molar-refractivity contribution is 0.267. The van der Waals surface area contributed by atoms with E-state index in [4.69, 9.17) is 22.7 Å². The molecule has 0 heterocycles. The number of nitrogens with zero attached hydrogens (tertiary/aromatic N) is 1. The third-order valence-corrected chi connectivity index (χ3v) is 3.33. The zero-order valence-corrected chi connectivity index (χ0v) is 12.2. The Morgan fingerprint density at radius 3 is 2.50 bits per heavy atom.